The molecule has 0 unspecified atom stereocenters. The van der Waals surface area contributed by atoms with E-state index >= 15 is 0 Å². The van der Waals surface area contributed by atoms with Crippen LogP contribution in [-0.2, 0) is 4.57 Å². The van der Waals surface area contributed by atoms with Gasteiger partial charge in [-0.15, -0.1) is 0 Å². The van der Waals surface area contributed by atoms with E-state index in [1.807, 2.05) is 37.6 Å². The largest absolute Gasteiger partial charge is 0.319 e. The molecule has 88 heavy (non-hydrogen) atoms. The van der Waals surface area contributed by atoms with Gasteiger partial charge in [-0.3, -0.25) is 0 Å². The zero-order chi connectivity index (χ0) is 59.9. The van der Waals surface area contributed by atoms with Gasteiger partial charge in [0.15, 0.2) is 0 Å². The Balaban J connectivity index is 0.000000156. The van der Waals surface area contributed by atoms with Gasteiger partial charge in [0, 0.05) is 38.2 Å². The molecular formula is C83H66N2OP2. The average molecular weight is 1170 g/mol. The Labute approximate surface area is 516 Å². The number of benzene rings is 13. The Bertz CT molecular complexity index is 4990. The van der Waals surface area contributed by atoms with Crippen LogP contribution in [0.3, 0.4) is 0 Å². The molecule has 0 saturated carbocycles. The van der Waals surface area contributed by atoms with Crippen molar-refractivity contribution in [2.75, 3.05) is 26.7 Å². The van der Waals surface area contributed by atoms with Crippen molar-refractivity contribution in [3.8, 4) is 89.3 Å². The Hall–Kier alpha value is -10.0. The summed E-state index contributed by atoms with van der Waals surface area (Å²) in [5.74, 6) is 0. The summed E-state index contributed by atoms with van der Waals surface area (Å²) >= 11 is 0. The molecule has 0 aliphatic carbocycles. The van der Waals surface area contributed by atoms with Gasteiger partial charge >= 0.3 is 0 Å². The monoisotopic (exact) mass is 1170 g/mol. The number of fused-ring (bicyclic) bond motifs is 6. The molecule has 0 radical (unpaired) electrons. The lowest BCUT2D eigenvalue weighted by molar-refractivity contribution is 0.588. The van der Waals surface area contributed by atoms with Crippen LogP contribution < -0.4 is 10.6 Å². The topological polar surface area (TPSA) is 26.9 Å². The van der Waals surface area contributed by atoms with Gasteiger partial charge in [-0.2, -0.15) is 0 Å². The van der Waals surface area contributed by atoms with E-state index in [1.165, 1.54) is 121 Å². The van der Waals surface area contributed by atoms with Crippen LogP contribution in [0.5, 0.6) is 0 Å². The van der Waals surface area contributed by atoms with E-state index in [0.29, 0.717) is 0 Å². The Morgan fingerprint density at radius 2 is 0.534 bits per heavy atom. The van der Waals surface area contributed by atoms with Crippen molar-refractivity contribution in [3.05, 3.63) is 315 Å². The molecule has 15 aromatic rings. The number of aromatic nitrogens is 2. The highest BCUT2D eigenvalue weighted by atomic mass is 31.2. The molecule has 0 bridgehead atoms. The molecule has 0 amide bonds. The molecule has 0 fully saturated rings. The Morgan fingerprint density at radius 1 is 0.239 bits per heavy atom. The van der Waals surface area contributed by atoms with E-state index in [0.717, 1.165) is 22.0 Å². The van der Waals surface area contributed by atoms with Gasteiger partial charge in [-0.1, -0.05) is 256 Å². The highest BCUT2D eigenvalue weighted by Crippen LogP contribution is 2.42. The molecule has 0 spiro atoms. The number of para-hydroxylation sites is 1. The summed E-state index contributed by atoms with van der Waals surface area (Å²) in [5.41, 5.74) is 23.8. The lowest BCUT2D eigenvalue weighted by Gasteiger charge is -2.14. The van der Waals surface area contributed by atoms with Gasteiger partial charge in [0.25, 0.3) is 0 Å². The van der Waals surface area contributed by atoms with Gasteiger partial charge in [0.2, 0.25) is 0 Å². The highest BCUT2D eigenvalue weighted by molar-refractivity contribution is 7.79. The SMILES string of the molecule is C=P(C)(C)c1cccc(-c2ccc3c(c2)c2ccc(-c4ccc(-c5ccccc5)cc4)cc2n3-c2ccccc2)c1.CP(C)(=O)c1cccc(-n2c3ccc(-c4ccc(-c5ccccc5)cc4)cc3c3cc(-c4ccc(-c5ccccc5)cc4)ccc32)c1. The van der Waals surface area contributed by atoms with Crippen LogP contribution in [0.1, 0.15) is 0 Å². The van der Waals surface area contributed by atoms with Crippen molar-refractivity contribution in [2.45, 2.75) is 0 Å². The van der Waals surface area contributed by atoms with E-state index in [9.17, 15) is 4.57 Å². The van der Waals surface area contributed by atoms with Crippen molar-refractivity contribution in [1.82, 2.24) is 9.13 Å². The second kappa shape index (κ2) is 23.3. The molecule has 0 aliphatic heterocycles. The third-order valence-corrected chi connectivity index (χ3v) is 20.3. The fourth-order valence-electron chi connectivity index (χ4n) is 12.4. The maximum absolute atomic E-state index is 13.1. The third-order valence-electron chi connectivity index (χ3n) is 17.1. The van der Waals surface area contributed by atoms with Crippen molar-refractivity contribution in [3.63, 3.8) is 0 Å². The van der Waals surface area contributed by atoms with E-state index in [-0.39, 0.29) is 0 Å². The van der Waals surface area contributed by atoms with E-state index in [1.54, 1.807) is 0 Å². The fourth-order valence-corrected chi connectivity index (χ4v) is 14.2. The second-order valence-electron chi connectivity index (χ2n) is 23.9. The zero-order valence-corrected chi connectivity index (χ0v) is 51.7. The summed E-state index contributed by atoms with van der Waals surface area (Å²) in [6.45, 7) is 6.87. The molecule has 424 valence electrons. The van der Waals surface area contributed by atoms with Crippen LogP contribution in [0.15, 0.2) is 315 Å². The standard InChI is InChI=1S/C44H34NOP.C39H32NP/c1-47(2,46)40-15-9-14-39(30-40)45-43-26-24-37(35-20-16-33(17-21-35)31-10-5-3-6-11-31)28-41(43)42-29-38(25-27-44(42)45)36-22-18-34(19-23-36)32-12-7-4-8-13-32;1-41(2,3)35-16-10-13-31(25-35)32-22-24-38-37(26-32)36-23-21-33(27-39(36)40(38)34-14-8-5-9-15-34)30-19-17-29(18-20-30)28-11-6-4-7-12-28/h3-30H,1-2H3;4-27H,1H2,2-3H3. The molecule has 0 saturated heterocycles. The molecule has 13 aromatic carbocycles. The van der Waals surface area contributed by atoms with Crippen molar-refractivity contribution in [2.24, 2.45) is 0 Å². The molecule has 15 rings (SSSR count). The van der Waals surface area contributed by atoms with Crippen molar-refractivity contribution >= 4 is 74.5 Å². The summed E-state index contributed by atoms with van der Waals surface area (Å²) in [6.07, 6.45) is 4.46. The minimum atomic E-state index is -2.43. The van der Waals surface area contributed by atoms with Gasteiger partial charge in [0.1, 0.15) is 7.14 Å². The lowest BCUT2D eigenvalue weighted by atomic mass is 9.97. The highest BCUT2D eigenvalue weighted by Gasteiger charge is 2.19. The van der Waals surface area contributed by atoms with E-state index in [2.05, 4.69) is 320 Å². The number of nitrogens with zero attached hydrogens (tertiary/aromatic N) is 2. The first-order chi connectivity index (χ1) is 42.9. The predicted octanol–water partition coefficient (Wildman–Crippen LogP) is 21.8. The molecule has 2 aromatic heterocycles. The molecule has 3 nitrogen and oxygen atoms in total. The van der Waals surface area contributed by atoms with E-state index in [4.69, 9.17) is 0 Å². The molecule has 0 N–H and O–H groups in total. The second-order valence-corrected chi connectivity index (χ2v) is 31.0. The third kappa shape index (κ3) is 11.1. The maximum Gasteiger partial charge on any atom is 0.109 e. The summed E-state index contributed by atoms with van der Waals surface area (Å²) in [6, 6.07) is 113. The molecule has 2 heterocycles. The van der Waals surface area contributed by atoms with Crippen molar-refractivity contribution in [1.29, 1.82) is 0 Å². The van der Waals surface area contributed by atoms with Gasteiger partial charge in [-0.25, -0.2) is 0 Å². The Morgan fingerprint density at radius 3 is 0.966 bits per heavy atom. The van der Waals surface area contributed by atoms with Gasteiger partial charge in [0.05, 0.1) is 22.1 Å². The zero-order valence-electron chi connectivity index (χ0n) is 49.9. The van der Waals surface area contributed by atoms with Crippen LogP contribution in [0.2, 0.25) is 0 Å². The molecule has 0 atom stereocenters. The summed E-state index contributed by atoms with van der Waals surface area (Å²) in [5, 5.41) is 7.14. The molecular weight excluding hydrogens is 1100 g/mol. The van der Waals surface area contributed by atoms with Crippen LogP contribution in [0.25, 0.3) is 133 Å². The first-order valence-electron chi connectivity index (χ1n) is 30.0. The molecule has 5 heteroatoms. The van der Waals surface area contributed by atoms with Crippen LogP contribution in [0, 0.1) is 0 Å². The fraction of sp³-hybridized carbons (Fsp3) is 0.0482. The van der Waals surface area contributed by atoms with Gasteiger partial charge < -0.3 is 13.7 Å². The quantitative estimate of drug-likeness (QED) is 0.119. The Kier molecular flexibility index (Phi) is 14.8. The van der Waals surface area contributed by atoms with E-state index < -0.39 is 14.0 Å². The summed E-state index contributed by atoms with van der Waals surface area (Å²) < 4.78 is 17.8. The maximum atomic E-state index is 13.1. The number of rotatable bonds is 11. The van der Waals surface area contributed by atoms with Crippen LogP contribution in [0.4, 0.5) is 0 Å². The predicted molar refractivity (Wildman–Crippen MR) is 384 cm³/mol. The summed E-state index contributed by atoms with van der Waals surface area (Å²) in [4.78, 5) is 0. The number of hydrogen-bond donors (Lipinski definition) is 0. The minimum Gasteiger partial charge on any atom is -0.319 e. The smallest absolute Gasteiger partial charge is 0.109 e. The minimum absolute atomic E-state index is 0.884. The molecule has 0 aliphatic rings. The summed E-state index contributed by atoms with van der Waals surface area (Å²) in [7, 11) is -2.43. The van der Waals surface area contributed by atoms with Crippen LogP contribution >= 0.6 is 14.0 Å². The lowest BCUT2D eigenvalue weighted by Crippen LogP contribution is -2.05. The number of hydrogen-bond acceptors (Lipinski definition) is 1. The van der Waals surface area contributed by atoms with Gasteiger partial charge in [-0.05, 0) is 183 Å². The normalized spacial score (nSPS) is 11.7. The van der Waals surface area contributed by atoms with Crippen LogP contribution in [-0.4, -0.2) is 42.1 Å². The van der Waals surface area contributed by atoms with Crippen molar-refractivity contribution < 1.29 is 4.57 Å². The first kappa shape index (κ1) is 55.8. The first-order valence-corrected chi connectivity index (χ1v) is 35.5. The average Bonchev–Trinajstić information content (AvgIpc) is 2.06.